The van der Waals surface area contributed by atoms with Crippen LogP contribution < -0.4 is 4.72 Å². The van der Waals surface area contributed by atoms with Crippen LogP contribution in [-0.4, -0.2) is 8.42 Å². The summed E-state index contributed by atoms with van der Waals surface area (Å²) in [6.45, 7) is 0. The molecular formula is C17H13F2NO2S2. The van der Waals surface area contributed by atoms with Crippen LogP contribution in [0.4, 0.5) is 8.78 Å². The highest BCUT2D eigenvalue weighted by molar-refractivity contribution is 7.89. The third-order valence-electron chi connectivity index (χ3n) is 3.38. The molecule has 0 radical (unpaired) electrons. The molecule has 0 spiro atoms. The number of thiophene rings is 1. The molecule has 1 N–H and O–H groups in total. The lowest BCUT2D eigenvalue weighted by Gasteiger charge is -2.18. The van der Waals surface area contributed by atoms with Crippen molar-refractivity contribution in [3.8, 4) is 0 Å². The molecule has 124 valence electrons. The fourth-order valence-corrected chi connectivity index (χ4v) is 4.42. The number of nitrogens with one attached hydrogen (secondary N) is 1. The number of benzene rings is 2. The zero-order valence-electron chi connectivity index (χ0n) is 12.3. The molecule has 0 bridgehead atoms. The van der Waals surface area contributed by atoms with Crippen LogP contribution >= 0.6 is 11.3 Å². The van der Waals surface area contributed by atoms with E-state index in [0.29, 0.717) is 6.07 Å². The first-order valence-corrected chi connectivity index (χ1v) is 9.39. The second-order valence-electron chi connectivity index (χ2n) is 5.09. The van der Waals surface area contributed by atoms with Gasteiger partial charge in [0.15, 0.2) is 0 Å². The average molecular weight is 365 g/mol. The Bertz CT molecular complexity index is 906. The van der Waals surface area contributed by atoms with Crippen molar-refractivity contribution in [2.24, 2.45) is 0 Å². The molecule has 1 unspecified atom stereocenters. The molecule has 0 saturated heterocycles. The summed E-state index contributed by atoms with van der Waals surface area (Å²) in [6.07, 6.45) is 0. The molecule has 0 saturated carbocycles. The minimum absolute atomic E-state index is 0.447. The molecule has 3 aromatic rings. The van der Waals surface area contributed by atoms with E-state index < -0.39 is 32.6 Å². The maximum absolute atomic E-state index is 13.4. The number of hydrogen-bond donors (Lipinski definition) is 1. The summed E-state index contributed by atoms with van der Waals surface area (Å²) in [6, 6.07) is 14.2. The van der Waals surface area contributed by atoms with Crippen molar-refractivity contribution in [2.75, 3.05) is 0 Å². The van der Waals surface area contributed by atoms with E-state index in [4.69, 9.17) is 0 Å². The summed E-state index contributed by atoms with van der Waals surface area (Å²) in [5, 5.41) is 1.83. The van der Waals surface area contributed by atoms with Crippen LogP contribution in [0.15, 0.2) is 70.9 Å². The Morgan fingerprint density at radius 2 is 1.58 bits per heavy atom. The fraction of sp³-hybridized carbons (Fsp3) is 0.0588. The highest BCUT2D eigenvalue weighted by Crippen LogP contribution is 2.28. The van der Waals surface area contributed by atoms with Gasteiger partial charge in [0.1, 0.15) is 11.6 Å². The van der Waals surface area contributed by atoms with Crippen LogP contribution in [0.5, 0.6) is 0 Å². The zero-order chi connectivity index (χ0) is 17.2. The van der Waals surface area contributed by atoms with Crippen LogP contribution in [0.25, 0.3) is 0 Å². The van der Waals surface area contributed by atoms with E-state index in [1.54, 1.807) is 30.3 Å². The third-order valence-corrected chi connectivity index (χ3v) is 5.72. The van der Waals surface area contributed by atoms with Crippen molar-refractivity contribution in [2.45, 2.75) is 10.9 Å². The molecule has 3 rings (SSSR count). The Morgan fingerprint density at radius 3 is 2.17 bits per heavy atom. The summed E-state index contributed by atoms with van der Waals surface area (Å²) in [5.74, 6) is -1.88. The van der Waals surface area contributed by atoms with Crippen LogP contribution in [0, 0.1) is 11.6 Å². The topological polar surface area (TPSA) is 46.2 Å². The smallest absolute Gasteiger partial charge is 0.207 e. The molecule has 1 atom stereocenters. The highest BCUT2D eigenvalue weighted by atomic mass is 32.2. The molecule has 1 heterocycles. The second-order valence-corrected chi connectivity index (χ2v) is 7.78. The number of sulfonamides is 1. The summed E-state index contributed by atoms with van der Waals surface area (Å²) < 4.78 is 54.4. The van der Waals surface area contributed by atoms with Crippen LogP contribution in [0.2, 0.25) is 0 Å². The Balaban J connectivity index is 2.01. The van der Waals surface area contributed by atoms with Gasteiger partial charge in [0.25, 0.3) is 0 Å². The van der Waals surface area contributed by atoms with Crippen LogP contribution in [-0.2, 0) is 10.0 Å². The van der Waals surface area contributed by atoms with E-state index in [9.17, 15) is 17.2 Å². The van der Waals surface area contributed by atoms with Crippen molar-refractivity contribution < 1.29 is 17.2 Å². The minimum atomic E-state index is -4.10. The predicted octanol–water partition coefficient (Wildman–Crippen LogP) is 4.09. The SMILES string of the molecule is O=S(=O)(NC(c1ccccc1)c1cccs1)c1cc(F)cc(F)c1. The lowest BCUT2D eigenvalue weighted by Crippen LogP contribution is -2.29. The highest BCUT2D eigenvalue weighted by Gasteiger charge is 2.24. The number of hydrogen-bond acceptors (Lipinski definition) is 3. The van der Waals surface area contributed by atoms with E-state index in [1.807, 2.05) is 17.5 Å². The van der Waals surface area contributed by atoms with Gasteiger partial charge in [0, 0.05) is 10.9 Å². The molecule has 3 nitrogen and oxygen atoms in total. The molecular weight excluding hydrogens is 352 g/mol. The number of rotatable bonds is 5. The Morgan fingerprint density at radius 1 is 0.917 bits per heavy atom. The summed E-state index contributed by atoms with van der Waals surface area (Å²) in [4.78, 5) is 0.333. The van der Waals surface area contributed by atoms with Crippen molar-refractivity contribution in [3.05, 3.63) is 88.1 Å². The second kappa shape index (κ2) is 6.80. The molecule has 0 amide bonds. The molecule has 1 aromatic heterocycles. The van der Waals surface area contributed by atoms with Gasteiger partial charge in [-0.3, -0.25) is 0 Å². The van der Waals surface area contributed by atoms with Crippen molar-refractivity contribution in [1.29, 1.82) is 0 Å². The third kappa shape index (κ3) is 3.69. The molecule has 7 heteroatoms. The van der Waals surface area contributed by atoms with Crippen molar-refractivity contribution in [3.63, 3.8) is 0 Å². The van der Waals surface area contributed by atoms with E-state index in [0.717, 1.165) is 22.6 Å². The quantitative estimate of drug-likeness (QED) is 0.740. The maximum Gasteiger partial charge on any atom is 0.241 e. The first-order chi connectivity index (χ1) is 11.5. The van der Waals surface area contributed by atoms with Gasteiger partial charge in [-0.1, -0.05) is 36.4 Å². The molecule has 0 aliphatic rings. The Hall–Kier alpha value is -2.09. The van der Waals surface area contributed by atoms with Gasteiger partial charge in [-0.15, -0.1) is 11.3 Å². The van der Waals surface area contributed by atoms with Gasteiger partial charge in [0.05, 0.1) is 10.9 Å². The van der Waals surface area contributed by atoms with E-state index in [-0.39, 0.29) is 0 Å². The van der Waals surface area contributed by atoms with Crippen molar-refractivity contribution in [1.82, 2.24) is 4.72 Å². The summed E-state index contributed by atoms with van der Waals surface area (Å²) in [7, 11) is -4.10. The molecule has 0 fully saturated rings. The first-order valence-electron chi connectivity index (χ1n) is 7.02. The van der Waals surface area contributed by atoms with E-state index in [2.05, 4.69) is 4.72 Å². The van der Waals surface area contributed by atoms with E-state index >= 15 is 0 Å². The Labute approximate surface area is 142 Å². The predicted molar refractivity (Wildman–Crippen MR) is 89.3 cm³/mol. The normalized spacial score (nSPS) is 12.9. The van der Waals surface area contributed by atoms with Gasteiger partial charge in [-0.05, 0) is 29.1 Å². The standard InChI is InChI=1S/C17H13F2NO2S2/c18-13-9-14(19)11-15(10-13)24(21,22)20-17(16-7-4-8-23-16)12-5-2-1-3-6-12/h1-11,17,20H. The zero-order valence-corrected chi connectivity index (χ0v) is 14.0. The van der Waals surface area contributed by atoms with Crippen LogP contribution in [0.3, 0.4) is 0 Å². The van der Waals surface area contributed by atoms with Gasteiger partial charge in [-0.25, -0.2) is 17.2 Å². The summed E-state index contributed by atoms with van der Waals surface area (Å²) >= 11 is 1.39. The molecule has 0 aliphatic heterocycles. The monoisotopic (exact) mass is 365 g/mol. The lowest BCUT2D eigenvalue weighted by atomic mass is 10.1. The van der Waals surface area contributed by atoms with Gasteiger partial charge >= 0.3 is 0 Å². The number of halogens is 2. The van der Waals surface area contributed by atoms with Gasteiger partial charge < -0.3 is 0 Å². The Kier molecular flexibility index (Phi) is 4.75. The lowest BCUT2D eigenvalue weighted by molar-refractivity contribution is 0.557. The summed E-state index contributed by atoms with van der Waals surface area (Å²) in [5.41, 5.74) is 0.736. The maximum atomic E-state index is 13.4. The van der Waals surface area contributed by atoms with Gasteiger partial charge in [0.2, 0.25) is 10.0 Å². The largest absolute Gasteiger partial charge is 0.241 e. The molecule has 0 aliphatic carbocycles. The van der Waals surface area contributed by atoms with Gasteiger partial charge in [-0.2, -0.15) is 4.72 Å². The van der Waals surface area contributed by atoms with E-state index in [1.165, 1.54) is 11.3 Å². The molecule has 2 aromatic carbocycles. The fourth-order valence-electron chi connectivity index (χ4n) is 2.30. The van der Waals surface area contributed by atoms with Crippen LogP contribution in [0.1, 0.15) is 16.5 Å². The van der Waals surface area contributed by atoms with Crippen molar-refractivity contribution >= 4 is 21.4 Å². The molecule has 24 heavy (non-hydrogen) atoms. The minimum Gasteiger partial charge on any atom is -0.207 e. The average Bonchev–Trinajstić information content (AvgIpc) is 3.07. The first kappa shape index (κ1) is 16.8.